The maximum atomic E-state index is 11.9. The van der Waals surface area contributed by atoms with E-state index in [4.69, 9.17) is 9.47 Å². The fourth-order valence-electron chi connectivity index (χ4n) is 2.75. The van der Waals surface area contributed by atoms with Crippen molar-refractivity contribution >= 4 is 17.6 Å². The minimum Gasteiger partial charge on any atom is -0.462 e. The van der Waals surface area contributed by atoms with Crippen molar-refractivity contribution in [3.05, 3.63) is 39.4 Å². The van der Waals surface area contributed by atoms with E-state index in [9.17, 15) is 19.7 Å². The monoisotopic (exact) mass is 379 g/mol. The van der Waals surface area contributed by atoms with Crippen LogP contribution in [0.5, 0.6) is 0 Å². The van der Waals surface area contributed by atoms with E-state index in [1.54, 1.807) is 25.1 Å². The topological polar surface area (TPSA) is 95.7 Å². The number of benzene rings is 1. The average molecular weight is 379 g/mol. The number of carbonyl (C=O) groups excluding carboxylic acids is 2. The number of nitro benzene ring substituents is 1. The second-order valence-corrected chi connectivity index (χ2v) is 6.91. The lowest BCUT2D eigenvalue weighted by atomic mass is 10.0. The number of carbonyl (C=O) groups is 2. The first-order chi connectivity index (χ1) is 12.8. The maximum Gasteiger partial charge on any atom is 0.306 e. The Hall–Kier alpha value is -2.44. The van der Waals surface area contributed by atoms with Gasteiger partial charge >= 0.3 is 11.9 Å². The summed E-state index contributed by atoms with van der Waals surface area (Å²) in [4.78, 5) is 34.4. The van der Waals surface area contributed by atoms with Crippen molar-refractivity contribution in [2.24, 2.45) is 5.92 Å². The molecule has 1 aromatic rings. The minimum atomic E-state index is -0.493. The number of ether oxygens (including phenoxy) is 2. The molecule has 0 aromatic heterocycles. The highest BCUT2D eigenvalue weighted by atomic mass is 16.6. The Morgan fingerprint density at radius 1 is 1.19 bits per heavy atom. The number of hydrogen-bond donors (Lipinski definition) is 0. The third-order valence-electron chi connectivity index (χ3n) is 4.25. The molecule has 7 nitrogen and oxygen atoms in total. The third kappa shape index (κ3) is 7.76. The Labute approximate surface area is 160 Å². The molecule has 1 aromatic carbocycles. The molecule has 7 heteroatoms. The first-order valence-corrected chi connectivity index (χ1v) is 9.34. The van der Waals surface area contributed by atoms with E-state index in [0.29, 0.717) is 17.5 Å². The van der Waals surface area contributed by atoms with E-state index in [2.05, 4.69) is 0 Å². The van der Waals surface area contributed by atoms with Gasteiger partial charge in [0.15, 0.2) is 0 Å². The number of aryl methyl sites for hydroxylation is 1. The first kappa shape index (κ1) is 22.6. The summed E-state index contributed by atoms with van der Waals surface area (Å²) in [6.45, 7) is 7.54. The summed E-state index contributed by atoms with van der Waals surface area (Å²) in [7, 11) is 0. The van der Waals surface area contributed by atoms with Crippen LogP contribution in [0, 0.1) is 23.0 Å². The lowest BCUT2D eigenvalue weighted by molar-refractivity contribution is -0.386. The van der Waals surface area contributed by atoms with Crippen LogP contribution in [-0.4, -0.2) is 23.0 Å². The van der Waals surface area contributed by atoms with Gasteiger partial charge in [0.25, 0.3) is 5.69 Å². The Bertz CT molecular complexity index is 656. The molecule has 0 saturated heterocycles. The molecular formula is C20H29NO6. The molecule has 0 fully saturated rings. The van der Waals surface area contributed by atoms with Crippen molar-refractivity contribution in [1.82, 2.24) is 0 Å². The standard InChI is InChI=1S/C20H29NO6/c1-5-8-17(14(2)3)27-19(23)12-7-11-18(22)26-13-16-10-6-9-15(4)20(16)21(24)25/h6,9-10,14,17H,5,7-8,11-13H2,1-4H3. The Morgan fingerprint density at radius 3 is 2.44 bits per heavy atom. The Balaban J connectivity index is 2.41. The maximum absolute atomic E-state index is 11.9. The smallest absolute Gasteiger partial charge is 0.306 e. The van der Waals surface area contributed by atoms with Gasteiger partial charge in [-0.25, -0.2) is 0 Å². The van der Waals surface area contributed by atoms with Crippen LogP contribution in [0.1, 0.15) is 64.0 Å². The van der Waals surface area contributed by atoms with Crippen LogP contribution in [0.4, 0.5) is 5.69 Å². The Morgan fingerprint density at radius 2 is 1.85 bits per heavy atom. The predicted octanol–water partition coefficient (Wildman–Crippen LogP) is 4.48. The molecule has 1 atom stereocenters. The van der Waals surface area contributed by atoms with Gasteiger partial charge in [-0.15, -0.1) is 0 Å². The molecule has 0 aliphatic heterocycles. The second-order valence-electron chi connectivity index (χ2n) is 6.91. The van der Waals surface area contributed by atoms with Crippen LogP contribution in [0.15, 0.2) is 18.2 Å². The third-order valence-corrected chi connectivity index (χ3v) is 4.25. The van der Waals surface area contributed by atoms with Gasteiger partial charge in [-0.3, -0.25) is 19.7 Å². The summed E-state index contributed by atoms with van der Waals surface area (Å²) in [5.74, 6) is -0.555. The van der Waals surface area contributed by atoms with Gasteiger partial charge in [-0.2, -0.15) is 0 Å². The van der Waals surface area contributed by atoms with Crippen LogP contribution in [0.2, 0.25) is 0 Å². The molecule has 27 heavy (non-hydrogen) atoms. The second kappa shape index (κ2) is 11.3. The fraction of sp³-hybridized carbons (Fsp3) is 0.600. The van der Waals surface area contributed by atoms with Crippen molar-refractivity contribution < 1.29 is 24.0 Å². The number of hydrogen-bond acceptors (Lipinski definition) is 6. The summed E-state index contributed by atoms with van der Waals surface area (Å²) in [6, 6.07) is 4.89. The first-order valence-electron chi connectivity index (χ1n) is 9.34. The Kier molecular flexibility index (Phi) is 9.47. The molecule has 1 rings (SSSR count). The largest absolute Gasteiger partial charge is 0.462 e. The molecule has 0 N–H and O–H groups in total. The summed E-state index contributed by atoms with van der Waals surface area (Å²) in [5, 5.41) is 11.1. The number of para-hydroxylation sites is 1. The van der Waals surface area contributed by atoms with Gasteiger partial charge in [0.1, 0.15) is 12.7 Å². The fourth-order valence-corrected chi connectivity index (χ4v) is 2.75. The van der Waals surface area contributed by atoms with Crippen molar-refractivity contribution in [2.75, 3.05) is 0 Å². The van der Waals surface area contributed by atoms with Crippen molar-refractivity contribution in [2.45, 2.75) is 72.5 Å². The van der Waals surface area contributed by atoms with Crippen molar-refractivity contribution in [1.29, 1.82) is 0 Å². The van der Waals surface area contributed by atoms with E-state index in [-0.39, 0.29) is 43.1 Å². The summed E-state index contributed by atoms with van der Waals surface area (Å²) >= 11 is 0. The summed E-state index contributed by atoms with van der Waals surface area (Å²) < 4.78 is 10.6. The van der Waals surface area contributed by atoms with Crippen molar-refractivity contribution in [3.8, 4) is 0 Å². The highest BCUT2D eigenvalue weighted by Crippen LogP contribution is 2.24. The quantitative estimate of drug-likeness (QED) is 0.319. The number of nitro groups is 1. The van der Waals surface area contributed by atoms with Gasteiger partial charge < -0.3 is 9.47 Å². The molecule has 0 radical (unpaired) electrons. The molecule has 150 valence electrons. The van der Waals surface area contributed by atoms with Gasteiger partial charge in [0.2, 0.25) is 0 Å². The zero-order valence-corrected chi connectivity index (χ0v) is 16.5. The SMILES string of the molecule is CCCC(OC(=O)CCCC(=O)OCc1cccc(C)c1[N+](=O)[O-])C(C)C. The van der Waals surface area contributed by atoms with Crippen LogP contribution < -0.4 is 0 Å². The van der Waals surface area contributed by atoms with Gasteiger partial charge in [-0.05, 0) is 31.7 Å². The van der Waals surface area contributed by atoms with Gasteiger partial charge in [0, 0.05) is 18.4 Å². The van der Waals surface area contributed by atoms with E-state index in [1.807, 2.05) is 20.8 Å². The zero-order valence-electron chi connectivity index (χ0n) is 16.5. The zero-order chi connectivity index (χ0) is 20.4. The molecule has 0 aliphatic rings. The molecule has 0 amide bonds. The van der Waals surface area contributed by atoms with E-state index in [0.717, 1.165) is 12.8 Å². The summed E-state index contributed by atoms with van der Waals surface area (Å²) in [5.41, 5.74) is 0.833. The molecule has 0 spiro atoms. The van der Waals surface area contributed by atoms with Crippen LogP contribution >= 0.6 is 0 Å². The highest BCUT2D eigenvalue weighted by Gasteiger charge is 2.19. The molecule has 1 unspecified atom stereocenters. The molecule has 0 aliphatic carbocycles. The molecule has 0 heterocycles. The lowest BCUT2D eigenvalue weighted by Gasteiger charge is -2.20. The van der Waals surface area contributed by atoms with Crippen LogP contribution in [0.25, 0.3) is 0 Å². The van der Waals surface area contributed by atoms with E-state index >= 15 is 0 Å². The van der Waals surface area contributed by atoms with E-state index < -0.39 is 10.9 Å². The van der Waals surface area contributed by atoms with E-state index in [1.165, 1.54) is 0 Å². The normalized spacial score (nSPS) is 11.9. The average Bonchev–Trinajstić information content (AvgIpc) is 2.59. The number of rotatable bonds is 11. The minimum absolute atomic E-state index is 0.0375. The lowest BCUT2D eigenvalue weighted by Crippen LogP contribution is -2.23. The van der Waals surface area contributed by atoms with Gasteiger partial charge in [0.05, 0.1) is 10.5 Å². The molecule has 0 saturated carbocycles. The molecule has 0 bridgehead atoms. The summed E-state index contributed by atoms with van der Waals surface area (Å²) in [6.07, 6.45) is 2.19. The highest BCUT2D eigenvalue weighted by molar-refractivity contribution is 5.72. The van der Waals surface area contributed by atoms with Crippen LogP contribution in [-0.2, 0) is 25.7 Å². The number of nitrogens with zero attached hydrogens (tertiary/aromatic N) is 1. The van der Waals surface area contributed by atoms with Crippen molar-refractivity contribution in [3.63, 3.8) is 0 Å². The van der Waals surface area contributed by atoms with Gasteiger partial charge in [-0.1, -0.05) is 39.3 Å². The predicted molar refractivity (Wildman–Crippen MR) is 101 cm³/mol. The molecular weight excluding hydrogens is 350 g/mol. The number of esters is 2. The van der Waals surface area contributed by atoms with Crippen LogP contribution in [0.3, 0.4) is 0 Å².